The summed E-state index contributed by atoms with van der Waals surface area (Å²) in [6, 6.07) is 10.0. The molecule has 2 heterocycles. The number of aliphatic hydroxyl groups is 2. The van der Waals surface area contributed by atoms with Gasteiger partial charge >= 0.3 is 0 Å². The molecule has 9 nitrogen and oxygen atoms in total. The second-order valence-electron chi connectivity index (χ2n) is 5.80. The van der Waals surface area contributed by atoms with Gasteiger partial charge in [0.15, 0.2) is 0 Å². The topological polar surface area (TPSA) is 124 Å². The van der Waals surface area contributed by atoms with Crippen LogP contribution in [0.1, 0.15) is 0 Å². The van der Waals surface area contributed by atoms with Crippen molar-refractivity contribution in [3.8, 4) is 17.1 Å². The molecule has 9 heteroatoms. The smallest absolute Gasteiger partial charge is 0.205 e. The summed E-state index contributed by atoms with van der Waals surface area (Å²) in [4.78, 5) is 14.1. The highest BCUT2D eigenvalue weighted by Gasteiger charge is 2.12. The number of hydrogen-bond donors (Lipinski definition) is 2. The first-order valence-electron chi connectivity index (χ1n) is 8.33. The van der Waals surface area contributed by atoms with Crippen LogP contribution < -0.4 is 10.2 Å². The van der Waals surface area contributed by atoms with E-state index in [2.05, 4.69) is 15.4 Å². The average Bonchev–Trinajstić information content (AvgIpc) is 3.15. The lowest BCUT2D eigenvalue weighted by molar-refractivity contribution is 0.201. The van der Waals surface area contributed by atoms with Crippen molar-refractivity contribution in [2.45, 2.75) is 6.54 Å². The predicted molar refractivity (Wildman–Crippen MR) is 96.5 cm³/mol. The zero-order valence-electron chi connectivity index (χ0n) is 14.2. The predicted octanol–water partition coefficient (Wildman–Crippen LogP) is 0.963. The number of rotatable bonds is 6. The molecule has 0 fully saturated rings. The van der Waals surface area contributed by atoms with Gasteiger partial charge in [-0.1, -0.05) is 6.07 Å². The van der Waals surface area contributed by atoms with E-state index in [1.54, 1.807) is 36.4 Å². The Labute approximate surface area is 152 Å². The van der Waals surface area contributed by atoms with Crippen LogP contribution in [-0.4, -0.2) is 50.2 Å². The lowest BCUT2D eigenvalue weighted by atomic mass is 10.1. The van der Waals surface area contributed by atoms with Crippen molar-refractivity contribution in [3.63, 3.8) is 0 Å². The molecule has 0 radical (unpaired) electrons. The molecule has 0 saturated heterocycles. The second-order valence-corrected chi connectivity index (χ2v) is 5.80. The number of aliphatic hydroxyl groups excluding tert-OH is 2. The zero-order valence-corrected chi connectivity index (χ0v) is 14.2. The Balaban J connectivity index is 1.79. The summed E-state index contributed by atoms with van der Waals surface area (Å²) >= 11 is 0. The molecule has 0 atom stereocenters. The van der Waals surface area contributed by atoms with E-state index in [1.807, 2.05) is 0 Å². The van der Waals surface area contributed by atoms with E-state index >= 15 is 0 Å². The van der Waals surface area contributed by atoms with E-state index in [4.69, 9.17) is 19.4 Å². The molecule has 0 saturated carbocycles. The summed E-state index contributed by atoms with van der Waals surface area (Å²) in [5.74, 6) is 0.866. The molecule has 0 spiro atoms. The summed E-state index contributed by atoms with van der Waals surface area (Å²) in [6.45, 7) is 0.210. The molecule has 2 aromatic heterocycles. The molecule has 2 N–H and O–H groups in total. The summed E-state index contributed by atoms with van der Waals surface area (Å²) in [6.07, 6.45) is 0. The standard InChI is InChI=1S/C18H16N4O5/c23-6-5-22-20-18(19-21-22)11-1-3-13-16(9-11)27-15-4-2-12(26-8-7-24)10-14(15)17(13)25/h1-4,9-10,23-24H,5-8H2. The largest absolute Gasteiger partial charge is 0.491 e. The van der Waals surface area contributed by atoms with E-state index in [0.29, 0.717) is 39.1 Å². The first-order chi connectivity index (χ1) is 13.2. The average molecular weight is 368 g/mol. The van der Waals surface area contributed by atoms with Crippen molar-refractivity contribution in [1.29, 1.82) is 0 Å². The minimum absolute atomic E-state index is 0.0849. The monoisotopic (exact) mass is 368 g/mol. The van der Waals surface area contributed by atoms with Gasteiger partial charge in [0, 0.05) is 5.56 Å². The van der Waals surface area contributed by atoms with Crippen LogP contribution >= 0.6 is 0 Å². The first kappa shape index (κ1) is 17.1. The van der Waals surface area contributed by atoms with Gasteiger partial charge in [0.05, 0.1) is 30.5 Å². The van der Waals surface area contributed by atoms with Crippen LogP contribution in [0.15, 0.2) is 45.6 Å². The zero-order chi connectivity index (χ0) is 18.8. The number of fused-ring (bicyclic) bond motifs is 2. The van der Waals surface area contributed by atoms with Crippen LogP contribution in [0.2, 0.25) is 0 Å². The quantitative estimate of drug-likeness (QED) is 0.483. The highest BCUT2D eigenvalue weighted by molar-refractivity contribution is 5.91. The van der Waals surface area contributed by atoms with Gasteiger partial charge in [0.2, 0.25) is 11.3 Å². The van der Waals surface area contributed by atoms with Gasteiger partial charge in [0.1, 0.15) is 23.5 Å². The highest BCUT2D eigenvalue weighted by Crippen LogP contribution is 2.25. The molecule has 0 bridgehead atoms. The summed E-state index contributed by atoms with van der Waals surface area (Å²) in [5, 5.41) is 30.6. The van der Waals surface area contributed by atoms with Crippen LogP contribution in [0.3, 0.4) is 0 Å². The van der Waals surface area contributed by atoms with Crippen molar-refractivity contribution in [1.82, 2.24) is 20.2 Å². The Morgan fingerprint density at radius 1 is 1.04 bits per heavy atom. The van der Waals surface area contributed by atoms with Gasteiger partial charge in [-0.15, -0.1) is 10.2 Å². The molecule has 0 aliphatic carbocycles. The van der Waals surface area contributed by atoms with Gasteiger partial charge in [-0.2, -0.15) is 4.80 Å². The van der Waals surface area contributed by atoms with Gasteiger partial charge in [-0.05, 0) is 35.5 Å². The van der Waals surface area contributed by atoms with E-state index in [1.165, 1.54) is 4.80 Å². The first-order valence-corrected chi connectivity index (χ1v) is 8.33. The fraction of sp³-hybridized carbons (Fsp3) is 0.222. The number of hydrogen-bond acceptors (Lipinski definition) is 8. The lowest BCUT2D eigenvalue weighted by Crippen LogP contribution is -2.05. The molecular weight excluding hydrogens is 352 g/mol. The van der Waals surface area contributed by atoms with Crippen molar-refractivity contribution >= 4 is 21.9 Å². The Hall–Kier alpha value is -3.30. The summed E-state index contributed by atoms with van der Waals surface area (Å²) < 4.78 is 11.2. The van der Waals surface area contributed by atoms with Crippen molar-refractivity contribution < 1.29 is 19.4 Å². The van der Waals surface area contributed by atoms with E-state index in [9.17, 15) is 4.79 Å². The second kappa shape index (κ2) is 7.14. The van der Waals surface area contributed by atoms with E-state index in [-0.39, 0.29) is 31.8 Å². The van der Waals surface area contributed by atoms with Crippen molar-refractivity contribution in [3.05, 3.63) is 46.6 Å². The number of tetrazole rings is 1. The fourth-order valence-corrected chi connectivity index (χ4v) is 2.77. The number of nitrogens with zero attached hydrogens (tertiary/aromatic N) is 4. The minimum atomic E-state index is -0.177. The Morgan fingerprint density at radius 3 is 2.74 bits per heavy atom. The van der Waals surface area contributed by atoms with E-state index < -0.39 is 0 Å². The van der Waals surface area contributed by atoms with Crippen LogP contribution in [0.5, 0.6) is 5.75 Å². The highest BCUT2D eigenvalue weighted by atomic mass is 16.5. The molecular formula is C18H16N4O5. The molecule has 4 rings (SSSR count). The van der Waals surface area contributed by atoms with Gasteiger partial charge in [-0.25, -0.2) is 0 Å². The summed E-state index contributed by atoms with van der Waals surface area (Å²) in [7, 11) is 0. The molecule has 138 valence electrons. The van der Waals surface area contributed by atoms with Crippen LogP contribution in [0, 0.1) is 0 Å². The maximum Gasteiger partial charge on any atom is 0.205 e. The van der Waals surface area contributed by atoms with Gasteiger partial charge < -0.3 is 19.4 Å². The third-order valence-corrected chi connectivity index (χ3v) is 4.01. The maximum atomic E-state index is 12.8. The van der Waals surface area contributed by atoms with Crippen LogP contribution in [0.25, 0.3) is 33.3 Å². The van der Waals surface area contributed by atoms with Crippen molar-refractivity contribution in [2.75, 3.05) is 19.8 Å². The molecule has 0 unspecified atom stereocenters. The van der Waals surface area contributed by atoms with E-state index in [0.717, 1.165) is 0 Å². The molecule has 0 amide bonds. The van der Waals surface area contributed by atoms with Gasteiger partial charge in [0.25, 0.3) is 0 Å². The Morgan fingerprint density at radius 2 is 1.93 bits per heavy atom. The molecule has 0 aliphatic heterocycles. The Bertz CT molecular complexity index is 1170. The number of aromatic nitrogens is 4. The third kappa shape index (κ3) is 3.25. The normalized spacial score (nSPS) is 11.3. The fourth-order valence-electron chi connectivity index (χ4n) is 2.77. The van der Waals surface area contributed by atoms with Crippen LogP contribution in [0.4, 0.5) is 0 Å². The third-order valence-electron chi connectivity index (χ3n) is 4.01. The summed E-state index contributed by atoms with van der Waals surface area (Å²) in [5.41, 5.74) is 1.31. The maximum absolute atomic E-state index is 12.8. The minimum Gasteiger partial charge on any atom is -0.491 e. The molecule has 27 heavy (non-hydrogen) atoms. The molecule has 2 aromatic carbocycles. The number of ether oxygens (including phenoxy) is 1. The molecule has 4 aromatic rings. The van der Waals surface area contributed by atoms with Crippen molar-refractivity contribution in [2.24, 2.45) is 0 Å². The van der Waals surface area contributed by atoms with Crippen LogP contribution in [-0.2, 0) is 6.54 Å². The Kier molecular flexibility index (Phi) is 4.53. The lowest BCUT2D eigenvalue weighted by Gasteiger charge is -2.06. The molecule has 0 aliphatic rings. The number of benzene rings is 2. The SMILES string of the molecule is O=c1c2ccc(-c3nnn(CCO)n3)cc2oc2ccc(OCCO)cc12. The van der Waals surface area contributed by atoms with Gasteiger partial charge in [-0.3, -0.25) is 4.79 Å².